The molecule has 3 rings (SSSR count). The number of aromatic nitrogens is 4. The number of aryl methyl sites for hydroxylation is 3. The molecule has 0 atom stereocenters. The van der Waals surface area contributed by atoms with E-state index in [9.17, 15) is 14.4 Å². The lowest BCUT2D eigenvalue weighted by Crippen LogP contribution is -2.31. The molecule has 0 saturated heterocycles. The Morgan fingerprint density at radius 1 is 1.25 bits per heavy atom. The third kappa shape index (κ3) is 3.49. The zero-order valence-corrected chi connectivity index (χ0v) is 16.5. The fourth-order valence-electron chi connectivity index (χ4n) is 3.12. The molecule has 3 aromatic rings. The minimum absolute atomic E-state index is 0.0984. The van der Waals surface area contributed by atoms with E-state index >= 15 is 0 Å². The highest BCUT2D eigenvalue weighted by Crippen LogP contribution is 2.16. The molecule has 0 saturated carbocycles. The van der Waals surface area contributed by atoms with Crippen LogP contribution < -0.4 is 11.2 Å². The van der Waals surface area contributed by atoms with Crippen molar-refractivity contribution in [3.05, 3.63) is 61.6 Å². The number of hydrogen-bond acceptors (Lipinski definition) is 5. The van der Waals surface area contributed by atoms with Crippen molar-refractivity contribution in [1.29, 1.82) is 0 Å². The number of esters is 1. The second-order valence-electron chi connectivity index (χ2n) is 6.85. The topological polar surface area (TPSA) is 99.0 Å². The Morgan fingerprint density at radius 3 is 2.71 bits per heavy atom. The first-order valence-electron chi connectivity index (χ1n) is 9.26. The minimum Gasteiger partial charge on any atom is -0.454 e. The van der Waals surface area contributed by atoms with Crippen molar-refractivity contribution in [2.24, 2.45) is 7.05 Å². The predicted octanol–water partition coefficient (Wildman–Crippen LogP) is 2.20. The first-order valence-corrected chi connectivity index (χ1v) is 9.26. The van der Waals surface area contributed by atoms with Gasteiger partial charge < -0.3 is 9.30 Å². The number of H-pyrrole nitrogens is 1. The summed E-state index contributed by atoms with van der Waals surface area (Å²) in [5, 5.41) is 0. The van der Waals surface area contributed by atoms with Crippen LogP contribution in [-0.2, 0) is 24.9 Å². The van der Waals surface area contributed by atoms with Crippen molar-refractivity contribution >= 4 is 17.1 Å². The molecule has 0 fully saturated rings. The molecule has 8 heteroatoms. The smallest absolute Gasteiger partial charge is 0.338 e. The van der Waals surface area contributed by atoms with Gasteiger partial charge in [0, 0.05) is 13.6 Å². The monoisotopic (exact) mass is 384 g/mol. The number of unbranched alkanes of at least 4 members (excludes halogenated alkanes) is 1. The summed E-state index contributed by atoms with van der Waals surface area (Å²) < 4.78 is 8.45. The van der Waals surface area contributed by atoms with Crippen LogP contribution >= 0.6 is 0 Å². The second-order valence-corrected chi connectivity index (χ2v) is 6.85. The molecule has 1 aromatic carbocycles. The lowest BCUT2D eigenvalue weighted by molar-refractivity contribution is 0.0458. The van der Waals surface area contributed by atoms with Crippen LogP contribution in [0.1, 0.15) is 47.1 Å². The Kier molecular flexibility index (Phi) is 5.48. The summed E-state index contributed by atoms with van der Waals surface area (Å²) in [4.78, 5) is 43.7. The molecular formula is C20H24N4O4. The summed E-state index contributed by atoms with van der Waals surface area (Å²) >= 11 is 0. The van der Waals surface area contributed by atoms with Gasteiger partial charge in [-0.2, -0.15) is 0 Å². The molecule has 0 unspecified atom stereocenters. The van der Waals surface area contributed by atoms with E-state index in [1.165, 1.54) is 4.57 Å². The maximum Gasteiger partial charge on any atom is 0.338 e. The molecule has 148 valence electrons. The van der Waals surface area contributed by atoms with Gasteiger partial charge in [-0.15, -0.1) is 0 Å². The van der Waals surface area contributed by atoms with E-state index in [0.717, 1.165) is 24.0 Å². The molecule has 0 radical (unpaired) electrons. The molecular weight excluding hydrogens is 360 g/mol. The fraction of sp³-hybridized carbons (Fsp3) is 0.400. The Bertz CT molecular complexity index is 1150. The molecule has 8 nitrogen and oxygen atoms in total. The predicted molar refractivity (Wildman–Crippen MR) is 106 cm³/mol. The van der Waals surface area contributed by atoms with Crippen LogP contribution in [0.4, 0.5) is 0 Å². The molecule has 28 heavy (non-hydrogen) atoms. The van der Waals surface area contributed by atoms with Gasteiger partial charge in [-0.1, -0.05) is 25.5 Å². The molecule has 0 bridgehead atoms. The second kappa shape index (κ2) is 7.84. The zero-order valence-electron chi connectivity index (χ0n) is 16.5. The SMILES string of the molecule is CCCCn1c(=O)[nH]c(=O)c2c1nc(COC(=O)c1cccc(C)c1C)n2C. The maximum absolute atomic E-state index is 12.5. The van der Waals surface area contributed by atoms with Gasteiger partial charge in [0.2, 0.25) is 0 Å². The molecule has 0 aliphatic heterocycles. The largest absolute Gasteiger partial charge is 0.454 e. The van der Waals surface area contributed by atoms with E-state index in [-0.39, 0.29) is 12.1 Å². The highest BCUT2D eigenvalue weighted by atomic mass is 16.5. The average Bonchev–Trinajstić information content (AvgIpc) is 2.98. The van der Waals surface area contributed by atoms with Gasteiger partial charge >= 0.3 is 11.7 Å². The third-order valence-electron chi connectivity index (χ3n) is 5.00. The van der Waals surface area contributed by atoms with Gasteiger partial charge in [-0.3, -0.25) is 14.3 Å². The lowest BCUT2D eigenvalue weighted by Gasteiger charge is -2.08. The molecule has 1 N–H and O–H groups in total. The maximum atomic E-state index is 12.5. The third-order valence-corrected chi connectivity index (χ3v) is 5.00. The zero-order chi connectivity index (χ0) is 20.4. The summed E-state index contributed by atoms with van der Waals surface area (Å²) in [6.07, 6.45) is 1.69. The summed E-state index contributed by atoms with van der Waals surface area (Å²) in [7, 11) is 1.67. The highest BCUT2D eigenvalue weighted by Gasteiger charge is 2.18. The number of carbonyl (C=O) groups excluding carboxylic acids is 1. The number of nitrogens with zero attached hydrogens (tertiary/aromatic N) is 3. The van der Waals surface area contributed by atoms with Crippen molar-refractivity contribution in [3.63, 3.8) is 0 Å². The average molecular weight is 384 g/mol. The van der Waals surface area contributed by atoms with Crippen LogP contribution in [0.25, 0.3) is 11.2 Å². The van der Waals surface area contributed by atoms with E-state index in [1.807, 2.05) is 26.8 Å². The normalized spacial score (nSPS) is 11.1. The van der Waals surface area contributed by atoms with Crippen molar-refractivity contribution in [2.45, 2.75) is 46.8 Å². The number of rotatable bonds is 6. The number of fused-ring (bicyclic) bond motifs is 1. The Labute approximate surface area is 161 Å². The van der Waals surface area contributed by atoms with E-state index in [2.05, 4.69) is 9.97 Å². The van der Waals surface area contributed by atoms with Crippen molar-refractivity contribution in [1.82, 2.24) is 19.1 Å². The standard InChI is InChI=1S/C20H24N4O4/c1-5-6-10-24-17-16(18(25)22-20(24)27)23(4)15(21-17)11-28-19(26)14-9-7-8-12(2)13(14)3/h7-9H,5-6,10-11H2,1-4H3,(H,22,25,27). The van der Waals surface area contributed by atoms with Gasteiger partial charge in [0.1, 0.15) is 12.4 Å². The van der Waals surface area contributed by atoms with E-state index in [1.54, 1.807) is 23.7 Å². The molecule has 0 spiro atoms. The Balaban J connectivity index is 1.94. The fourth-order valence-corrected chi connectivity index (χ4v) is 3.12. The van der Waals surface area contributed by atoms with Crippen LogP contribution in [0.2, 0.25) is 0 Å². The van der Waals surface area contributed by atoms with Gasteiger partial charge in [0.05, 0.1) is 5.56 Å². The number of imidazole rings is 1. The van der Waals surface area contributed by atoms with E-state index in [0.29, 0.717) is 23.6 Å². The summed E-state index contributed by atoms with van der Waals surface area (Å²) in [6, 6.07) is 5.45. The van der Waals surface area contributed by atoms with Gasteiger partial charge in [0.25, 0.3) is 5.56 Å². The van der Waals surface area contributed by atoms with Crippen molar-refractivity contribution in [3.8, 4) is 0 Å². The molecule has 2 aromatic heterocycles. The summed E-state index contributed by atoms with van der Waals surface area (Å²) in [5.41, 5.74) is 1.97. The van der Waals surface area contributed by atoms with E-state index < -0.39 is 17.2 Å². The van der Waals surface area contributed by atoms with Crippen LogP contribution in [0.15, 0.2) is 27.8 Å². The highest BCUT2D eigenvalue weighted by molar-refractivity contribution is 5.91. The number of nitrogens with one attached hydrogen (secondary N) is 1. The number of ether oxygens (including phenoxy) is 1. The molecule has 0 aliphatic carbocycles. The van der Waals surface area contributed by atoms with Crippen LogP contribution in [0.5, 0.6) is 0 Å². The van der Waals surface area contributed by atoms with Crippen molar-refractivity contribution in [2.75, 3.05) is 0 Å². The Morgan fingerprint density at radius 2 is 2.00 bits per heavy atom. The van der Waals surface area contributed by atoms with Crippen LogP contribution in [0.3, 0.4) is 0 Å². The molecule has 2 heterocycles. The lowest BCUT2D eigenvalue weighted by atomic mass is 10.0. The Hall–Kier alpha value is -3.16. The van der Waals surface area contributed by atoms with Gasteiger partial charge in [-0.25, -0.2) is 14.6 Å². The number of carbonyl (C=O) groups is 1. The van der Waals surface area contributed by atoms with Crippen LogP contribution in [0, 0.1) is 13.8 Å². The van der Waals surface area contributed by atoms with Gasteiger partial charge in [0.15, 0.2) is 11.2 Å². The first kappa shape index (κ1) is 19.6. The van der Waals surface area contributed by atoms with Crippen molar-refractivity contribution < 1.29 is 9.53 Å². The van der Waals surface area contributed by atoms with E-state index in [4.69, 9.17) is 4.74 Å². The summed E-state index contributed by atoms with van der Waals surface area (Å²) in [5.74, 6) is -0.0551. The first-order chi connectivity index (χ1) is 13.3. The van der Waals surface area contributed by atoms with Gasteiger partial charge in [-0.05, 0) is 37.5 Å². The molecule has 0 amide bonds. The molecule has 0 aliphatic rings. The quantitative estimate of drug-likeness (QED) is 0.657. The number of benzene rings is 1. The number of aromatic amines is 1. The minimum atomic E-state index is -0.505. The summed E-state index contributed by atoms with van der Waals surface area (Å²) in [6.45, 7) is 6.18. The van der Waals surface area contributed by atoms with Crippen LogP contribution in [-0.4, -0.2) is 25.1 Å². The number of hydrogen-bond donors (Lipinski definition) is 1.